The van der Waals surface area contributed by atoms with Crippen LogP contribution in [0.2, 0.25) is 0 Å². The molecule has 0 saturated heterocycles. The number of aliphatic hydroxyl groups is 1. The number of aromatic nitrogens is 3. The second kappa shape index (κ2) is 7.79. The molecule has 2 heterocycles. The van der Waals surface area contributed by atoms with Crippen LogP contribution in [0.4, 0.5) is 19.0 Å². The molecular formula is C22H19F3N4O. The molecule has 4 aromatic rings. The van der Waals surface area contributed by atoms with Gasteiger partial charge in [0, 0.05) is 24.0 Å². The second-order valence-electron chi connectivity index (χ2n) is 6.98. The van der Waals surface area contributed by atoms with E-state index in [9.17, 15) is 18.3 Å². The van der Waals surface area contributed by atoms with Gasteiger partial charge in [-0.25, -0.2) is 9.97 Å². The van der Waals surface area contributed by atoms with E-state index >= 15 is 0 Å². The molecule has 0 radical (unpaired) electrons. The molecule has 2 aromatic heterocycles. The maximum atomic E-state index is 13.2. The highest BCUT2D eigenvalue weighted by Crippen LogP contribution is 2.36. The minimum atomic E-state index is -4.44. The van der Waals surface area contributed by atoms with Crippen molar-refractivity contribution in [3.63, 3.8) is 0 Å². The third-order valence-electron chi connectivity index (χ3n) is 4.68. The lowest BCUT2D eigenvalue weighted by molar-refractivity contribution is -0.137. The molecule has 1 atom stereocenters. The molecule has 5 nitrogen and oxygen atoms in total. The van der Waals surface area contributed by atoms with Gasteiger partial charge in [0.1, 0.15) is 12.1 Å². The molecule has 0 spiro atoms. The van der Waals surface area contributed by atoms with E-state index in [1.807, 2.05) is 30.3 Å². The van der Waals surface area contributed by atoms with Gasteiger partial charge in [-0.3, -0.25) is 0 Å². The number of benzene rings is 2. The summed E-state index contributed by atoms with van der Waals surface area (Å²) in [5.74, 6) is 0.505. The Bertz CT molecular complexity index is 1170. The van der Waals surface area contributed by atoms with Gasteiger partial charge in [-0.2, -0.15) is 13.2 Å². The van der Waals surface area contributed by atoms with Crippen LogP contribution in [-0.4, -0.2) is 32.3 Å². The van der Waals surface area contributed by atoms with Gasteiger partial charge in [0.2, 0.25) is 0 Å². The van der Waals surface area contributed by atoms with Crippen LogP contribution in [-0.2, 0) is 6.18 Å². The predicted octanol–water partition coefficient (Wildman–Crippen LogP) is 4.90. The lowest BCUT2D eigenvalue weighted by Gasteiger charge is -2.11. The maximum Gasteiger partial charge on any atom is 0.416 e. The number of halogens is 3. The Morgan fingerprint density at radius 1 is 1.07 bits per heavy atom. The van der Waals surface area contributed by atoms with Crippen molar-refractivity contribution in [3.8, 4) is 16.8 Å². The number of hydrogen-bond donors (Lipinski definition) is 2. The van der Waals surface area contributed by atoms with Gasteiger partial charge in [0.05, 0.1) is 17.1 Å². The first-order valence-electron chi connectivity index (χ1n) is 9.35. The number of fused-ring (bicyclic) bond motifs is 1. The van der Waals surface area contributed by atoms with E-state index in [1.165, 1.54) is 12.4 Å². The molecule has 4 rings (SSSR count). The van der Waals surface area contributed by atoms with Gasteiger partial charge in [-0.15, -0.1) is 0 Å². The van der Waals surface area contributed by atoms with E-state index in [4.69, 9.17) is 0 Å². The molecular weight excluding hydrogens is 393 g/mol. The van der Waals surface area contributed by atoms with Crippen LogP contribution in [0.15, 0.2) is 67.1 Å². The molecule has 0 bridgehead atoms. The van der Waals surface area contributed by atoms with Crippen molar-refractivity contribution >= 4 is 16.9 Å². The maximum absolute atomic E-state index is 13.2. The van der Waals surface area contributed by atoms with E-state index in [1.54, 1.807) is 23.8 Å². The number of hydrogen-bond acceptors (Lipinski definition) is 4. The van der Waals surface area contributed by atoms with E-state index in [2.05, 4.69) is 15.3 Å². The molecule has 0 saturated carbocycles. The summed E-state index contributed by atoms with van der Waals surface area (Å²) in [5.41, 5.74) is 1.73. The minimum absolute atomic E-state index is 0.273. The Balaban J connectivity index is 1.95. The molecule has 2 N–H and O–H groups in total. The summed E-state index contributed by atoms with van der Waals surface area (Å²) in [4.78, 5) is 8.65. The van der Waals surface area contributed by atoms with Crippen molar-refractivity contribution in [2.75, 3.05) is 11.9 Å². The third-order valence-corrected chi connectivity index (χ3v) is 4.68. The standard InChI is InChI=1S/C22H19F3N4O/c1-14(30)11-26-20-19-18(15-6-3-2-4-7-15)12-29(21(19)28-13-27-20)17-9-5-8-16(10-17)22(23,24)25/h2-10,12-14,30H,11H2,1H3,(H,26,27,28). The SMILES string of the molecule is CC(O)CNc1ncnc2c1c(-c1ccccc1)cn2-c1cccc(C(F)(F)F)c1. The average molecular weight is 412 g/mol. The molecule has 0 amide bonds. The van der Waals surface area contributed by atoms with Crippen molar-refractivity contribution < 1.29 is 18.3 Å². The fourth-order valence-corrected chi connectivity index (χ4v) is 3.31. The Morgan fingerprint density at radius 2 is 1.83 bits per heavy atom. The first-order chi connectivity index (χ1) is 14.3. The number of alkyl halides is 3. The van der Waals surface area contributed by atoms with Crippen LogP contribution in [0.5, 0.6) is 0 Å². The summed E-state index contributed by atoms with van der Waals surface area (Å²) in [5, 5.41) is 13.4. The zero-order chi connectivity index (χ0) is 21.3. The topological polar surface area (TPSA) is 63.0 Å². The van der Waals surface area contributed by atoms with Crippen LogP contribution < -0.4 is 5.32 Å². The largest absolute Gasteiger partial charge is 0.416 e. The Labute approximate surface area is 170 Å². The predicted molar refractivity (Wildman–Crippen MR) is 109 cm³/mol. The molecule has 8 heteroatoms. The second-order valence-corrected chi connectivity index (χ2v) is 6.98. The van der Waals surface area contributed by atoms with Gasteiger partial charge >= 0.3 is 6.18 Å². The molecule has 0 aliphatic heterocycles. The Morgan fingerprint density at radius 3 is 2.53 bits per heavy atom. The van der Waals surface area contributed by atoms with Crippen LogP contribution >= 0.6 is 0 Å². The summed E-state index contributed by atoms with van der Waals surface area (Å²) in [6.07, 6.45) is -1.93. The van der Waals surface area contributed by atoms with Crippen molar-refractivity contribution in [2.45, 2.75) is 19.2 Å². The quantitative estimate of drug-likeness (QED) is 0.490. The van der Waals surface area contributed by atoms with Crippen LogP contribution in [0.3, 0.4) is 0 Å². The summed E-state index contributed by atoms with van der Waals surface area (Å²) >= 11 is 0. The Kier molecular flexibility index (Phi) is 5.17. The van der Waals surface area contributed by atoms with Crippen molar-refractivity contribution in [1.29, 1.82) is 0 Å². The first kappa shape index (κ1) is 19.9. The third kappa shape index (κ3) is 3.86. The molecule has 0 aliphatic carbocycles. The summed E-state index contributed by atoms with van der Waals surface area (Å²) in [7, 11) is 0. The Hall–Kier alpha value is -3.39. The highest BCUT2D eigenvalue weighted by atomic mass is 19.4. The van der Waals surface area contributed by atoms with Gasteiger partial charge < -0.3 is 15.0 Å². The monoisotopic (exact) mass is 412 g/mol. The average Bonchev–Trinajstić information content (AvgIpc) is 3.13. The summed E-state index contributed by atoms with van der Waals surface area (Å²) < 4.78 is 41.3. The molecule has 30 heavy (non-hydrogen) atoms. The van der Waals surface area contributed by atoms with Gasteiger partial charge in [0.25, 0.3) is 0 Å². The lowest BCUT2D eigenvalue weighted by Crippen LogP contribution is -2.16. The molecule has 2 aromatic carbocycles. The lowest BCUT2D eigenvalue weighted by atomic mass is 10.1. The zero-order valence-electron chi connectivity index (χ0n) is 16.1. The number of nitrogens with one attached hydrogen (secondary N) is 1. The molecule has 0 aliphatic rings. The van der Waals surface area contributed by atoms with Crippen molar-refractivity contribution in [1.82, 2.24) is 14.5 Å². The van der Waals surface area contributed by atoms with E-state index in [0.29, 0.717) is 22.5 Å². The van der Waals surface area contributed by atoms with Gasteiger partial charge in [0.15, 0.2) is 5.65 Å². The smallest absolute Gasteiger partial charge is 0.392 e. The fraction of sp³-hybridized carbons (Fsp3) is 0.182. The van der Waals surface area contributed by atoms with Gasteiger partial charge in [-0.05, 0) is 30.7 Å². The number of rotatable bonds is 5. The normalized spacial score (nSPS) is 12.8. The summed E-state index contributed by atoms with van der Waals surface area (Å²) in [6, 6.07) is 14.6. The summed E-state index contributed by atoms with van der Waals surface area (Å²) in [6.45, 7) is 1.92. The zero-order valence-corrected chi connectivity index (χ0v) is 16.1. The number of aliphatic hydroxyl groups excluding tert-OH is 1. The molecule has 0 fully saturated rings. The molecule has 1 unspecified atom stereocenters. The van der Waals surface area contributed by atoms with E-state index < -0.39 is 17.8 Å². The van der Waals surface area contributed by atoms with E-state index in [-0.39, 0.29) is 6.54 Å². The fourth-order valence-electron chi connectivity index (χ4n) is 3.31. The number of anilines is 1. The highest BCUT2D eigenvalue weighted by Gasteiger charge is 2.30. The van der Waals surface area contributed by atoms with Crippen LogP contribution in [0.25, 0.3) is 27.8 Å². The van der Waals surface area contributed by atoms with Crippen molar-refractivity contribution in [2.24, 2.45) is 0 Å². The van der Waals surface area contributed by atoms with Crippen LogP contribution in [0, 0.1) is 0 Å². The first-order valence-corrected chi connectivity index (χ1v) is 9.35. The number of nitrogens with zero attached hydrogens (tertiary/aromatic N) is 3. The van der Waals surface area contributed by atoms with Gasteiger partial charge in [-0.1, -0.05) is 36.4 Å². The minimum Gasteiger partial charge on any atom is -0.392 e. The van der Waals surface area contributed by atoms with Crippen LogP contribution in [0.1, 0.15) is 12.5 Å². The van der Waals surface area contributed by atoms with Crippen molar-refractivity contribution in [3.05, 3.63) is 72.7 Å². The highest BCUT2D eigenvalue weighted by molar-refractivity contribution is 6.02. The van der Waals surface area contributed by atoms with E-state index in [0.717, 1.165) is 23.3 Å². The molecule has 154 valence electrons.